The molecule has 0 spiro atoms. The van der Waals surface area contributed by atoms with E-state index < -0.39 is 29.9 Å². The van der Waals surface area contributed by atoms with Crippen LogP contribution >= 0.6 is 0 Å². The second kappa shape index (κ2) is 9.17. The fraction of sp³-hybridized carbons (Fsp3) is 0.261. The molecule has 4 N–H and O–H groups in total. The van der Waals surface area contributed by atoms with Gasteiger partial charge in [0.1, 0.15) is 24.6 Å². The van der Waals surface area contributed by atoms with Crippen molar-refractivity contribution in [1.29, 1.82) is 0 Å². The molecule has 0 saturated carbocycles. The van der Waals surface area contributed by atoms with E-state index in [1.807, 2.05) is 0 Å². The Labute approximate surface area is 203 Å². The molecule has 4 heterocycles. The lowest BCUT2D eigenvalue weighted by Gasteiger charge is -2.24. The highest BCUT2D eigenvalue weighted by atomic mass is 19.1. The van der Waals surface area contributed by atoms with Crippen molar-refractivity contribution in [3.05, 3.63) is 54.3 Å². The Kier molecular flexibility index (Phi) is 5.88. The van der Waals surface area contributed by atoms with E-state index in [-0.39, 0.29) is 43.4 Å². The van der Waals surface area contributed by atoms with Crippen LogP contribution in [-0.2, 0) is 20.9 Å². The summed E-state index contributed by atoms with van der Waals surface area (Å²) in [4.78, 5) is 50.5. The van der Waals surface area contributed by atoms with Gasteiger partial charge >= 0.3 is 0 Å². The number of fused-ring (bicyclic) bond motifs is 1. The number of hydrogen-bond donors (Lipinski definition) is 3. The van der Waals surface area contributed by atoms with Gasteiger partial charge in [0.05, 0.1) is 31.0 Å². The summed E-state index contributed by atoms with van der Waals surface area (Å²) in [6.07, 6.45) is 2.79. The van der Waals surface area contributed by atoms with Gasteiger partial charge < -0.3 is 21.3 Å². The Morgan fingerprint density at radius 1 is 1.19 bits per heavy atom. The van der Waals surface area contributed by atoms with Crippen LogP contribution in [0.15, 0.2) is 48.6 Å². The summed E-state index contributed by atoms with van der Waals surface area (Å²) < 4.78 is 15.6. The van der Waals surface area contributed by atoms with Crippen molar-refractivity contribution in [2.24, 2.45) is 5.73 Å². The highest BCUT2D eigenvalue weighted by Crippen LogP contribution is 2.27. The number of ketones is 1. The zero-order chi connectivity index (χ0) is 25.4. The number of likely N-dealkylation sites (tertiary alicyclic amines) is 1. The van der Waals surface area contributed by atoms with Gasteiger partial charge in [0, 0.05) is 23.4 Å². The largest absolute Gasteiger partial charge is 0.364 e. The van der Waals surface area contributed by atoms with Crippen molar-refractivity contribution >= 4 is 34.4 Å². The molecule has 2 aromatic heterocycles. The topological polar surface area (TPSA) is 165 Å². The van der Waals surface area contributed by atoms with E-state index in [0.29, 0.717) is 10.9 Å². The maximum atomic E-state index is 14.3. The molecule has 2 aliphatic heterocycles. The van der Waals surface area contributed by atoms with Crippen LogP contribution in [0.1, 0.15) is 16.9 Å². The van der Waals surface area contributed by atoms with Crippen LogP contribution in [0.3, 0.4) is 0 Å². The normalized spacial score (nSPS) is 19.3. The Bertz CT molecular complexity index is 1420. The van der Waals surface area contributed by atoms with Crippen LogP contribution in [0.2, 0.25) is 0 Å². The van der Waals surface area contributed by atoms with Crippen molar-refractivity contribution in [2.75, 3.05) is 13.1 Å². The third kappa shape index (κ3) is 4.37. The number of amides is 3. The average molecular weight is 492 g/mol. The summed E-state index contributed by atoms with van der Waals surface area (Å²) >= 11 is 0. The van der Waals surface area contributed by atoms with E-state index in [1.165, 1.54) is 17.0 Å². The molecule has 1 saturated heterocycles. The fourth-order valence-corrected chi connectivity index (χ4v) is 4.39. The van der Waals surface area contributed by atoms with Crippen LogP contribution in [0.4, 0.5) is 4.39 Å². The molecule has 3 amide bonds. The smallest absolute Gasteiger partial charge is 0.269 e. The second-order valence-corrected chi connectivity index (χ2v) is 8.50. The van der Waals surface area contributed by atoms with Crippen molar-refractivity contribution in [2.45, 2.75) is 25.2 Å². The molecule has 2 atom stereocenters. The number of benzene rings is 1. The molecule has 2 unspecified atom stereocenters. The summed E-state index contributed by atoms with van der Waals surface area (Å²) in [5.74, 6) is -1.92. The van der Waals surface area contributed by atoms with E-state index in [2.05, 4.69) is 25.9 Å². The first kappa shape index (κ1) is 23.1. The Morgan fingerprint density at radius 3 is 2.72 bits per heavy atom. The third-order valence-electron chi connectivity index (χ3n) is 6.08. The van der Waals surface area contributed by atoms with Crippen molar-refractivity contribution in [3.8, 4) is 11.1 Å². The molecule has 2 aliphatic rings. The van der Waals surface area contributed by atoms with Gasteiger partial charge in [-0.3, -0.25) is 23.9 Å². The summed E-state index contributed by atoms with van der Waals surface area (Å²) in [6, 6.07) is 5.88. The quantitative estimate of drug-likeness (QED) is 0.420. The molecule has 12 nitrogen and oxygen atoms in total. The number of halogens is 1. The average Bonchev–Trinajstić information content (AvgIpc) is 3.56. The lowest BCUT2D eigenvalue weighted by molar-refractivity contribution is -0.138. The van der Waals surface area contributed by atoms with Crippen molar-refractivity contribution in [1.82, 2.24) is 35.5 Å². The number of carbonyl (C=O) groups excluding carboxylic acids is 4. The first-order valence-electron chi connectivity index (χ1n) is 11.1. The van der Waals surface area contributed by atoms with E-state index in [0.717, 1.165) is 16.0 Å². The second-order valence-electron chi connectivity index (χ2n) is 8.50. The molecule has 0 bridgehead atoms. The van der Waals surface area contributed by atoms with Gasteiger partial charge in [-0.05, 0) is 23.8 Å². The maximum absolute atomic E-state index is 14.3. The van der Waals surface area contributed by atoms with E-state index in [4.69, 9.17) is 5.73 Å². The maximum Gasteiger partial charge on any atom is 0.269 e. The predicted molar refractivity (Wildman–Crippen MR) is 124 cm³/mol. The molecule has 36 heavy (non-hydrogen) atoms. The van der Waals surface area contributed by atoms with E-state index in [1.54, 1.807) is 30.5 Å². The number of hydrogen-bond acceptors (Lipinski definition) is 8. The minimum absolute atomic E-state index is 0.0235. The first-order chi connectivity index (χ1) is 17.3. The van der Waals surface area contributed by atoms with Gasteiger partial charge in [0.15, 0.2) is 11.5 Å². The molecule has 5 rings (SSSR count). The highest BCUT2D eigenvalue weighted by Gasteiger charge is 2.40. The number of alkyl halides is 1. The van der Waals surface area contributed by atoms with Crippen LogP contribution < -0.4 is 16.4 Å². The molecule has 1 aromatic carbocycles. The zero-order valence-electron chi connectivity index (χ0n) is 18.8. The minimum Gasteiger partial charge on any atom is -0.364 e. The molecule has 3 aromatic rings. The Morgan fingerprint density at radius 2 is 2.03 bits per heavy atom. The third-order valence-corrected chi connectivity index (χ3v) is 6.08. The molecular weight excluding hydrogens is 471 g/mol. The van der Waals surface area contributed by atoms with Gasteiger partial charge in [-0.2, -0.15) is 15.3 Å². The van der Waals surface area contributed by atoms with Gasteiger partial charge in [-0.1, -0.05) is 6.07 Å². The number of carbonyl (C=O) groups is 4. The molecule has 0 radical (unpaired) electrons. The number of primary amides is 1. The number of rotatable bonds is 6. The van der Waals surface area contributed by atoms with Gasteiger partial charge in [0.25, 0.3) is 5.91 Å². The minimum atomic E-state index is -1.39. The first-order valence-corrected chi connectivity index (χ1v) is 11.1. The van der Waals surface area contributed by atoms with Gasteiger partial charge in [-0.15, -0.1) is 0 Å². The van der Waals surface area contributed by atoms with Crippen molar-refractivity contribution < 1.29 is 23.6 Å². The number of aromatic nitrogens is 4. The standard InChI is InChI=1S/C23H21FN8O4/c24-14-6-18(23(36)29-19-7-15(33)9-26-19)31(10-14)20(34)11-32-17-2-1-12(13-3-4-27-28-8-13)5-16(17)21(30-32)22(25)35/h1-5,7-8,14,18,26H,6,9-11H2,(H2,25,35)(H,29,36). The van der Waals surface area contributed by atoms with Crippen LogP contribution in [0.5, 0.6) is 0 Å². The van der Waals surface area contributed by atoms with Gasteiger partial charge in [-0.25, -0.2) is 4.39 Å². The SMILES string of the molecule is NC(=O)c1nn(CC(=O)N2CC(F)CC2C(=O)NC2=CC(=O)CN2)c2ccc(-c3ccnnc3)cc12. The lowest BCUT2D eigenvalue weighted by atomic mass is 10.0. The summed E-state index contributed by atoms with van der Waals surface area (Å²) in [7, 11) is 0. The summed E-state index contributed by atoms with van der Waals surface area (Å²) in [5, 5.41) is 17.5. The molecule has 0 aliphatic carbocycles. The van der Waals surface area contributed by atoms with Crippen molar-refractivity contribution in [3.63, 3.8) is 0 Å². The summed E-state index contributed by atoms with van der Waals surface area (Å²) in [5.41, 5.74) is 7.49. The van der Waals surface area contributed by atoms with Crippen LogP contribution in [0, 0.1) is 0 Å². The predicted octanol–water partition coefficient (Wildman–Crippen LogP) is -0.339. The van der Waals surface area contributed by atoms with E-state index in [9.17, 15) is 23.6 Å². The number of nitrogens with one attached hydrogen (secondary N) is 2. The molecule has 184 valence electrons. The number of nitrogens with zero attached hydrogens (tertiary/aromatic N) is 5. The molecule has 1 fully saturated rings. The molecular formula is C23H21FN8O4. The Balaban J connectivity index is 1.40. The van der Waals surface area contributed by atoms with E-state index >= 15 is 0 Å². The molecule has 13 heteroatoms. The van der Waals surface area contributed by atoms with Gasteiger partial charge in [0.2, 0.25) is 11.8 Å². The lowest BCUT2D eigenvalue weighted by Crippen LogP contribution is -2.47. The highest BCUT2D eigenvalue weighted by molar-refractivity contribution is 6.05. The summed E-state index contributed by atoms with van der Waals surface area (Å²) in [6.45, 7) is -0.540. The monoisotopic (exact) mass is 492 g/mol. The zero-order valence-corrected chi connectivity index (χ0v) is 18.8. The Hall–Kier alpha value is -4.68. The van der Waals surface area contributed by atoms with Crippen LogP contribution in [0.25, 0.3) is 22.0 Å². The fourth-order valence-electron chi connectivity index (χ4n) is 4.39. The number of nitrogens with two attached hydrogens (primary N) is 1. The van der Waals surface area contributed by atoms with Crippen LogP contribution in [-0.4, -0.2) is 73.7 Å².